The molecule has 104 valence electrons. The number of aliphatic hydroxyl groups is 1. The van der Waals surface area contributed by atoms with E-state index in [9.17, 15) is 5.11 Å². The van der Waals surface area contributed by atoms with Crippen molar-refractivity contribution in [1.29, 1.82) is 0 Å². The number of nitrogens with one attached hydrogen (secondary N) is 1. The fraction of sp³-hybridized carbons (Fsp3) is 0.294. The van der Waals surface area contributed by atoms with Crippen molar-refractivity contribution in [2.75, 3.05) is 18.5 Å². The molecule has 0 amide bonds. The number of fused-ring (bicyclic) bond motifs is 1. The quantitative estimate of drug-likeness (QED) is 0.899. The van der Waals surface area contributed by atoms with Gasteiger partial charge in [-0.25, -0.2) is 0 Å². The molecule has 3 rings (SSSR count). The second-order valence-corrected chi connectivity index (χ2v) is 5.33. The SMILES string of the molecule is Cc1cccc(NC2(CO)CCOc3ccccc32)c1. The van der Waals surface area contributed by atoms with Crippen molar-refractivity contribution in [2.45, 2.75) is 18.9 Å². The Morgan fingerprint density at radius 2 is 2.05 bits per heavy atom. The summed E-state index contributed by atoms with van der Waals surface area (Å²) in [5, 5.41) is 13.5. The molecule has 0 spiro atoms. The Labute approximate surface area is 119 Å². The van der Waals surface area contributed by atoms with Gasteiger partial charge in [-0.2, -0.15) is 0 Å². The smallest absolute Gasteiger partial charge is 0.124 e. The first-order valence-corrected chi connectivity index (χ1v) is 6.91. The van der Waals surface area contributed by atoms with Gasteiger partial charge in [-0.1, -0.05) is 30.3 Å². The molecule has 2 N–H and O–H groups in total. The molecule has 0 radical (unpaired) electrons. The van der Waals surface area contributed by atoms with Crippen LogP contribution in [0.2, 0.25) is 0 Å². The van der Waals surface area contributed by atoms with E-state index in [1.54, 1.807) is 0 Å². The zero-order chi connectivity index (χ0) is 14.0. The van der Waals surface area contributed by atoms with Crippen LogP contribution in [0.1, 0.15) is 17.5 Å². The zero-order valence-electron chi connectivity index (χ0n) is 11.6. The van der Waals surface area contributed by atoms with E-state index < -0.39 is 5.54 Å². The van der Waals surface area contributed by atoms with Crippen molar-refractivity contribution >= 4 is 5.69 Å². The topological polar surface area (TPSA) is 41.5 Å². The van der Waals surface area contributed by atoms with Gasteiger partial charge in [0.25, 0.3) is 0 Å². The molecule has 0 saturated heterocycles. The van der Waals surface area contributed by atoms with Crippen LogP contribution in [0.5, 0.6) is 5.75 Å². The van der Waals surface area contributed by atoms with Crippen LogP contribution in [0.3, 0.4) is 0 Å². The number of ether oxygens (including phenoxy) is 1. The molecular weight excluding hydrogens is 250 g/mol. The maximum Gasteiger partial charge on any atom is 0.124 e. The van der Waals surface area contributed by atoms with E-state index in [0.29, 0.717) is 6.61 Å². The van der Waals surface area contributed by atoms with E-state index in [1.165, 1.54) is 5.56 Å². The summed E-state index contributed by atoms with van der Waals surface area (Å²) in [7, 11) is 0. The number of rotatable bonds is 3. The molecule has 0 aliphatic carbocycles. The average Bonchev–Trinajstić information content (AvgIpc) is 2.47. The minimum atomic E-state index is -0.470. The van der Waals surface area contributed by atoms with E-state index in [4.69, 9.17) is 4.74 Å². The van der Waals surface area contributed by atoms with Gasteiger partial charge in [0.15, 0.2) is 0 Å². The molecule has 1 aliphatic rings. The maximum absolute atomic E-state index is 10.0. The number of hydrogen-bond donors (Lipinski definition) is 2. The van der Waals surface area contributed by atoms with Crippen molar-refractivity contribution in [1.82, 2.24) is 0 Å². The van der Waals surface area contributed by atoms with E-state index in [2.05, 4.69) is 24.4 Å². The van der Waals surface area contributed by atoms with E-state index in [-0.39, 0.29) is 6.61 Å². The lowest BCUT2D eigenvalue weighted by molar-refractivity contribution is 0.152. The van der Waals surface area contributed by atoms with E-state index >= 15 is 0 Å². The first-order chi connectivity index (χ1) is 9.73. The molecule has 20 heavy (non-hydrogen) atoms. The monoisotopic (exact) mass is 269 g/mol. The van der Waals surface area contributed by atoms with Crippen LogP contribution < -0.4 is 10.1 Å². The highest BCUT2D eigenvalue weighted by Crippen LogP contribution is 2.39. The molecule has 3 nitrogen and oxygen atoms in total. The van der Waals surface area contributed by atoms with Crippen molar-refractivity contribution in [3.05, 3.63) is 59.7 Å². The summed E-state index contributed by atoms with van der Waals surface area (Å²) in [6.07, 6.45) is 0.744. The number of benzene rings is 2. The Hall–Kier alpha value is -2.00. The highest BCUT2D eigenvalue weighted by molar-refractivity contribution is 5.53. The highest BCUT2D eigenvalue weighted by atomic mass is 16.5. The molecule has 1 atom stereocenters. The summed E-state index contributed by atoms with van der Waals surface area (Å²) in [5.41, 5.74) is 2.78. The van der Waals surface area contributed by atoms with Gasteiger partial charge < -0.3 is 15.2 Å². The zero-order valence-corrected chi connectivity index (χ0v) is 11.6. The molecule has 1 unspecified atom stereocenters. The predicted octanol–water partition coefficient (Wildman–Crippen LogP) is 3.08. The first-order valence-electron chi connectivity index (χ1n) is 6.91. The fourth-order valence-electron chi connectivity index (χ4n) is 2.79. The number of anilines is 1. The molecule has 2 aromatic rings. The standard InChI is InChI=1S/C17H19NO2/c1-13-5-4-6-14(11-13)18-17(12-19)9-10-20-16-8-3-2-7-15(16)17/h2-8,11,18-19H,9-10,12H2,1H3. The predicted molar refractivity (Wildman–Crippen MR) is 80.1 cm³/mol. The third-order valence-corrected chi connectivity index (χ3v) is 3.86. The number of aliphatic hydroxyl groups excluding tert-OH is 1. The summed E-state index contributed by atoms with van der Waals surface area (Å²) in [5.74, 6) is 0.855. The summed E-state index contributed by atoms with van der Waals surface area (Å²) >= 11 is 0. The normalized spacial score (nSPS) is 20.9. The Morgan fingerprint density at radius 1 is 1.20 bits per heavy atom. The lowest BCUT2D eigenvalue weighted by Gasteiger charge is -2.39. The van der Waals surface area contributed by atoms with Crippen molar-refractivity contribution in [3.63, 3.8) is 0 Å². The molecule has 0 aromatic heterocycles. The summed E-state index contributed by atoms with van der Waals surface area (Å²) in [6, 6.07) is 16.1. The van der Waals surface area contributed by atoms with E-state index in [1.807, 2.05) is 36.4 Å². The average molecular weight is 269 g/mol. The number of aryl methyl sites for hydroxylation is 1. The van der Waals surface area contributed by atoms with Gasteiger partial charge in [0.1, 0.15) is 5.75 Å². The summed E-state index contributed by atoms with van der Waals surface area (Å²) < 4.78 is 5.69. The van der Waals surface area contributed by atoms with Gasteiger partial charge in [0.2, 0.25) is 0 Å². The van der Waals surface area contributed by atoms with E-state index in [0.717, 1.165) is 23.4 Å². The van der Waals surface area contributed by atoms with Gasteiger partial charge in [-0.05, 0) is 30.7 Å². The van der Waals surface area contributed by atoms with Gasteiger partial charge in [-0.15, -0.1) is 0 Å². The van der Waals surface area contributed by atoms with Gasteiger partial charge >= 0.3 is 0 Å². The highest BCUT2D eigenvalue weighted by Gasteiger charge is 2.37. The van der Waals surface area contributed by atoms with Gasteiger partial charge in [-0.3, -0.25) is 0 Å². The van der Waals surface area contributed by atoms with Gasteiger partial charge in [0, 0.05) is 17.7 Å². The fourth-order valence-corrected chi connectivity index (χ4v) is 2.79. The minimum absolute atomic E-state index is 0.0430. The number of hydrogen-bond acceptors (Lipinski definition) is 3. The lowest BCUT2D eigenvalue weighted by atomic mass is 9.85. The first kappa shape index (κ1) is 13.0. The van der Waals surface area contributed by atoms with Gasteiger partial charge in [0.05, 0.1) is 18.8 Å². The Morgan fingerprint density at radius 3 is 2.85 bits per heavy atom. The van der Waals surface area contributed by atoms with Crippen LogP contribution in [-0.2, 0) is 5.54 Å². The molecule has 0 bridgehead atoms. The minimum Gasteiger partial charge on any atom is -0.493 e. The van der Waals surface area contributed by atoms with Crippen LogP contribution in [0.15, 0.2) is 48.5 Å². The van der Waals surface area contributed by atoms with Crippen molar-refractivity contribution in [3.8, 4) is 5.75 Å². The van der Waals surface area contributed by atoms with Crippen LogP contribution in [0.4, 0.5) is 5.69 Å². The molecule has 1 aliphatic heterocycles. The van der Waals surface area contributed by atoms with Crippen molar-refractivity contribution in [2.24, 2.45) is 0 Å². The number of para-hydroxylation sites is 1. The lowest BCUT2D eigenvalue weighted by Crippen LogP contribution is -2.43. The Bertz CT molecular complexity index is 611. The van der Waals surface area contributed by atoms with Crippen LogP contribution >= 0.6 is 0 Å². The Balaban J connectivity index is 2.00. The third kappa shape index (κ3) is 2.25. The molecular formula is C17H19NO2. The maximum atomic E-state index is 10.0. The molecule has 0 fully saturated rings. The second-order valence-electron chi connectivity index (χ2n) is 5.33. The molecule has 1 heterocycles. The van der Waals surface area contributed by atoms with Crippen LogP contribution in [0, 0.1) is 6.92 Å². The third-order valence-electron chi connectivity index (χ3n) is 3.86. The molecule has 0 saturated carbocycles. The van der Waals surface area contributed by atoms with Crippen LogP contribution in [0.25, 0.3) is 0 Å². The Kier molecular flexibility index (Phi) is 3.36. The largest absolute Gasteiger partial charge is 0.493 e. The van der Waals surface area contributed by atoms with Crippen LogP contribution in [-0.4, -0.2) is 18.3 Å². The van der Waals surface area contributed by atoms with Crippen molar-refractivity contribution < 1.29 is 9.84 Å². The summed E-state index contributed by atoms with van der Waals surface area (Å²) in [4.78, 5) is 0. The molecule has 3 heteroatoms. The second kappa shape index (κ2) is 5.17. The molecule has 2 aromatic carbocycles. The summed E-state index contributed by atoms with van der Waals surface area (Å²) in [6.45, 7) is 2.71.